The van der Waals surface area contributed by atoms with E-state index in [4.69, 9.17) is 21.3 Å². The number of likely N-dealkylation sites (tertiary alicyclic amines) is 1. The van der Waals surface area contributed by atoms with Crippen LogP contribution in [0.4, 0.5) is 4.79 Å². The molecule has 1 saturated carbocycles. The minimum Gasteiger partial charge on any atom is -0.446 e. The van der Waals surface area contributed by atoms with Gasteiger partial charge >= 0.3 is 6.09 Å². The first kappa shape index (κ1) is 32.6. The number of carbonyl (C=O) groups excluding carboxylic acids is 2. The van der Waals surface area contributed by atoms with Crippen molar-refractivity contribution in [2.45, 2.75) is 102 Å². The summed E-state index contributed by atoms with van der Waals surface area (Å²) in [5, 5.41) is 0.719. The van der Waals surface area contributed by atoms with Gasteiger partial charge in [-0.25, -0.2) is 9.78 Å². The van der Waals surface area contributed by atoms with E-state index in [0.717, 1.165) is 85.2 Å². The Morgan fingerprint density at radius 3 is 2.62 bits per heavy atom. The van der Waals surface area contributed by atoms with Crippen molar-refractivity contribution in [1.82, 2.24) is 29.2 Å². The molecule has 1 aromatic carbocycles. The molecule has 2 aliphatic heterocycles. The molecule has 2 amide bonds. The number of fused-ring (bicyclic) bond motifs is 2. The van der Waals surface area contributed by atoms with Gasteiger partial charge < -0.3 is 14.2 Å². The van der Waals surface area contributed by atoms with Gasteiger partial charge in [-0.15, -0.1) is 0 Å². The van der Waals surface area contributed by atoms with Gasteiger partial charge in [0.15, 0.2) is 0 Å². The maximum atomic E-state index is 14.7. The zero-order chi connectivity index (χ0) is 32.5. The molecule has 11 heteroatoms. The molecule has 3 atom stereocenters. The number of amides is 2. The third-order valence-corrected chi connectivity index (χ3v) is 11.2. The molecular formula is C36H44BrClN6O3. The molecule has 47 heavy (non-hydrogen) atoms. The number of nitrogens with zero attached hydrogens (tertiary/aromatic N) is 6. The number of imidazole rings is 1. The highest BCUT2D eigenvalue weighted by Gasteiger charge is 2.44. The van der Waals surface area contributed by atoms with Crippen molar-refractivity contribution < 1.29 is 14.3 Å². The molecule has 4 heterocycles. The molecule has 2 aliphatic carbocycles. The number of hydrogen-bond donors (Lipinski definition) is 0. The number of aryl methyl sites for hydroxylation is 4. The molecular weight excluding hydrogens is 680 g/mol. The summed E-state index contributed by atoms with van der Waals surface area (Å²) in [5.41, 5.74) is 5.56. The largest absolute Gasteiger partial charge is 0.446 e. The maximum Gasteiger partial charge on any atom is 0.410 e. The van der Waals surface area contributed by atoms with E-state index < -0.39 is 6.04 Å². The number of piperazine rings is 1. The molecule has 9 nitrogen and oxygen atoms in total. The molecule has 3 fully saturated rings. The van der Waals surface area contributed by atoms with Crippen molar-refractivity contribution in [3.8, 4) is 0 Å². The fourth-order valence-electron chi connectivity index (χ4n) is 8.15. The van der Waals surface area contributed by atoms with Crippen LogP contribution in [0.15, 0.2) is 47.5 Å². The summed E-state index contributed by atoms with van der Waals surface area (Å²) in [6.07, 6.45) is 15.0. The summed E-state index contributed by atoms with van der Waals surface area (Å²) in [5.74, 6) is 0.0218. The minimum absolute atomic E-state index is 0.0218. The molecule has 3 aromatic rings. The monoisotopic (exact) mass is 722 g/mol. The summed E-state index contributed by atoms with van der Waals surface area (Å²) in [4.78, 5) is 44.1. The Morgan fingerprint density at radius 2 is 1.81 bits per heavy atom. The van der Waals surface area contributed by atoms with E-state index in [0.29, 0.717) is 26.2 Å². The molecule has 2 aromatic heterocycles. The van der Waals surface area contributed by atoms with Crippen LogP contribution in [0.3, 0.4) is 0 Å². The fraction of sp³-hybridized carbons (Fsp3) is 0.556. The van der Waals surface area contributed by atoms with E-state index in [1.54, 1.807) is 4.90 Å². The maximum absolute atomic E-state index is 14.7. The van der Waals surface area contributed by atoms with Gasteiger partial charge in [0.25, 0.3) is 0 Å². The third kappa shape index (κ3) is 7.10. The second kappa shape index (κ2) is 14.3. The summed E-state index contributed by atoms with van der Waals surface area (Å²) in [6.45, 7) is 4.94. The Hall–Kier alpha value is -2.95. The smallest absolute Gasteiger partial charge is 0.410 e. The SMILES string of the molecule is Cc1cn(CC[C@@H]2CCCN2C(=O)[C@H]2CN(C3c4ccc(Cl)cc4CCc4cc(Br)cnc43)CCN2C(=O)OC2CCCCC2)cn1. The Bertz CT molecular complexity index is 1560. The van der Waals surface area contributed by atoms with Crippen LogP contribution < -0.4 is 0 Å². The molecule has 0 radical (unpaired) electrons. The van der Waals surface area contributed by atoms with E-state index >= 15 is 0 Å². The van der Waals surface area contributed by atoms with Crippen LogP contribution in [0.2, 0.25) is 5.02 Å². The number of carbonyl (C=O) groups is 2. The molecule has 250 valence electrons. The molecule has 1 unspecified atom stereocenters. The van der Waals surface area contributed by atoms with Crippen LogP contribution >= 0.6 is 27.5 Å². The van der Waals surface area contributed by atoms with E-state index in [9.17, 15) is 9.59 Å². The predicted molar refractivity (Wildman–Crippen MR) is 184 cm³/mol. The zero-order valence-corrected chi connectivity index (χ0v) is 29.5. The van der Waals surface area contributed by atoms with Crippen molar-refractivity contribution >= 4 is 39.5 Å². The number of rotatable bonds is 6. The predicted octanol–water partition coefficient (Wildman–Crippen LogP) is 6.73. The number of halogens is 2. The summed E-state index contributed by atoms with van der Waals surface area (Å²) < 4.78 is 9.16. The highest BCUT2D eigenvalue weighted by molar-refractivity contribution is 9.10. The lowest BCUT2D eigenvalue weighted by Crippen LogP contribution is -2.62. The molecule has 0 bridgehead atoms. The summed E-state index contributed by atoms with van der Waals surface area (Å²) >= 11 is 10.1. The Morgan fingerprint density at radius 1 is 0.979 bits per heavy atom. The van der Waals surface area contributed by atoms with Gasteiger partial charge in [-0.3, -0.25) is 19.6 Å². The lowest BCUT2D eigenvalue weighted by molar-refractivity contribution is -0.140. The number of benzene rings is 1. The first-order valence-corrected chi connectivity index (χ1v) is 18.4. The molecule has 4 aliphatic rings. The summed E-state index contributed by atoms with van der Waals surface area (Å²) in [6, 6.07) is 7.64. The second-order valence-corrected chi connectivity index (χ2v) is 15.0. The summed E-state index contributed by atoms with van der Waals surface area (Å²) in [7, 11) is 0. The second-order valence-electron chi connectivity index (χ2n) is 13.7. The van der Waals surface area contributed by atoms with Crippen molar-refractivity contribution in [3.63, 3.8) is 0 Å². The normalized spacial score (nSPS) is 23.7. The van der Waals surface area contributed by atoms with Crippen LogP contribution in [0, 0.1) is 6.92 Å². The van der Waals surface area contributed by atoms with Crippen LogP contribution in [-0.4, -0.2) is 85.6 Å². The third-order valence-electron chi connectivity index (χ3n) is 10.5. The van der Waals surface area contributed by atoms with Crippen LogP contribution in [0.25, 0.3) is 0 Å². The van der Waals surface area contributed by atoms with Gasteiger partial charge in [0.2, 0.25) is 5.91 Å². The van der Waals surface area contributed by atoms with Crippen molar-refractivity contribution in [3.05, 3.63) is 80.6 Å². The lowest BCUT2D eigenvalue weighted by atomic mass is 9.95. The molecule has 0 N–H and O–H groups in total. The standard InChI is InChI=1S/C36H44BrClN6O3/c1-24-21-41(23-40-24)15-13-29-6-5-14-43(29)35(45)32-22-42(16-17-44(32)36(46)47-30-7-3-2-4-8-30)34-31-12-11-28(38)19-25(31)9-10-26-18-27(37)20-39-33(26)34/h11-12,18-21,23,29-30,32,34H,2-10,13-17,22H2,1H3/t29-,32+,34?/m0/s1. The van der Waals surface area contributed by atoms with Gasteiger partial charge in [0, 0.05) is 60.7 Å². The van der Waals surface area contributed by atoms with E-state index in [1.807, 2.05) is 36.6 Å². The number of pyridine rings is 1. The van der Waals surface area contributed by atoms with Crippen LogP contribution in [0.1, 0.15) is 85.5 Å². The first-order chi connectivity index (χ1) is 22.8. The molecule has 0 spiro atoms. The minimum atomic E-state index is -0.645. The Kier molecular flexibility index (Phi) is 9.89. The van der Waals surface area contributed by atoms with Crippen molar-refractivity contribution in [1.29, 1.82) is 0 Å². The average Bonchev–Trinajstić information content (AvgIpc) is 3.69. The topological polar surface area (TPSA) is 83.8 Å². The van der Waals surface area contributed by atoms with Gasteiger partial charge in [-0.05, 0) is 116 Å². The first-order valence-electron chi connectivity index (χ1n) is 17.3. The molecule has 7 rings (SSSR count). The number of hydrogen-bond acceptors (Lipinski definition) is 6. The lowest BCUT2D eigenvalue weighted by Gasteiger charge is -2.45. The average molecular weight is 724 g/mol. The quantitative estimate of drug-likeness (QED) is 0.281. The molecule has 2 saturated heterocycles. The van der Waals surface area contributed by atoms with Gasteiger partial charge in [-0.2, -0.15) is 0 Å². The van der Waals surface area contributed by atoms with E-state index in [2.05, 4.69) is 48.6 Å². The van der Waals surface area contributed by atoms with Crippen LogP contribution in [0.5, 0.6) is 0 Å². The highest BCUT2D eigenvalue weighted by Crippen LogP contribution is 2.39. The Labute approximate surface area is 290 Å². The van der Waals surface area contributed by atoms with E-state index in [1.165, 1.54) is 23.1 Å². The van der Waals surface area contributed by atoms with Gasteiger partial charge in [0.1, 0.15) is 12.1 Å². The number of ether oxygens (including phenoxy) is 1. The van der Waals surface area contributed by atoms with Crippen LogP contribution in [-0.2, 0) is 28.9 Å². The zero-order valence-electron chi connectivity index (χ0n) is 27.1. The van der Waals surface area contributed by atoms with E-state index in [-0.39, 0.29) is 30.2 Å². The van der Waals surface area contributed by atoms with Gasteiger partial charge in [-0.1, -0.05) is 24.1 Å². The number of aromatic nitrogens is 3. The highest BCUT2D eigenvalue weighted by atomic mass is 79.9. The van der Waals surface area contributed by atoms with Crippen molar-refractivity contribution in [2.75, 3.05) is 26.2 Å². The Balaban J connectivity index is 1.19. The van der Waals surface area contributed by atoms with Gasteiger partial charge in [0.05, 0.1) is 23.8 Å². The van der Waals surface area contributed by atoms with Crippen molar-refractivity contribution in [2.24, 2.45) is 0 Å². The fourth-order valence-corrected chi connectivity index (χ4v) is 8.73.